The molecule has 3 aliphatic rings. The highest BCUT2D eigenvalue weighted by molar-refractivity contribution is 7.92. The Kier molecular flexibility index (Phi) is 8.75. The van der Waals surface area contributed by atoms with Crippen molar-refractivity contribution >= 4 is 49.9 Å². The lowest BCUT2D eigenvalue weighted by atomic mass is 9.93. The minimum absolute atomic E-state index is 0.0577. The lowest BCUT2D eigenvalue weighted by molar-refractivity contribution is -0.548. The van der Waals surface area contributed by atoms with Crippen LogP contribution < -0.4 is 15.4 Å². The number of sulfonamides is 1. The van der Waals surface area contributed by atoms with Gasteiger partial charge in [0, 0.05) is 42.8 Å². The summed E-state index contributed by atoms with van der Waals surface area (Å²) in [4.78, 5) is 18.3. The van der Waals surface area contributed by atoms with Crippen LogP contribution in [0.4, 0.5) is 37.8 Å². The third-order valence-electron chi connectivity index (χ3n) is 9.36. The number of halogens is 7. The lowest BCUT2D eigenvalue weighted by Gasteiger charge is -2.22. The average molecular weight is 768 g/mol. The molecule has 0 bridgehead atoms. The minimum atomic E-state index is -3.79. The van der Waals surface area contributed by atoms with Crippen molar-refractivity contribution in [3.8, 4) is 11.1 Å². The molecule has 1 fully saturated rings. The molecule has 274 valence electrons. The summed E-state index contributed by atoms with van der Waals surface area (Å²) < 4.78 is 116. The van der Waals surface area contributed by atoms with Gasteiger partial charge in [-0.15, -0.1) is 0 Å². The molecular formula is C33H30ClF6N8O3S+. The van der Waals surface area contributed by atoms with Crippen molar-refractivity contribution in [1.82, 2.24) is 20.1 Å². The third-order valence-corrected chi connectivity index (χ3v) is 10.2. The molecule has 0 radical (unpaired) electrons. The van der Waals surface area contributed by atoms with E-state index in [2.05, 4.69) is 30.6 Å². The number of azo groups is 2. The molecule has 3 N–H and O–H groups in total. The van der Waals surface area contributed by atoms with E-state index in [-0.39, 0.29) is 45.9 Å². The number of pyridine rings is 1. The molecule has 4 aromatic rings. The van der Waals surface area contributed by atoms with Crippen LogP contribution in [0.2, 0.25) is 5.02 Å². The fourth-order valence-corrected chi connectivity index (χ4v) is 7.98. The number of nitrogens with one attached hydrogen (secondary N) is 3. The zero-order valence-electron chi connectivity index (χ0n) is 27.6. The highest BCUT2D eigenvalue weighted by Crippen LogP contribution is 2.65. The number of allylic oxidation sites excluding steroid dienone is 1. The molecule has 2 aromatic carbocycles. The van der Waals surface area contributed by atoms with Crippen molar-refractivity contribution < 1.29 is 44.3 Å². The SMILES string of the molecule is CNc1cnc([C@H](Cc2cc(F)cc(F)c2)NC(=O)C[N+]2=NC(C(F)F)C3=C2C(F)(F)[C@@H]2C[C@H]32)c(-c2ccc(Cl)c3c(NS(C)(=O)=O)nn(C)c23)c1. The quantitative estimate of drug-likeness (QED) is 0.126. The summed E-state index contributed by atoms with van der Waals surface area (Å²) in [7, 11) is -0.607. The first-order valence-electron chi connectivity index (χ1n) is 15.9. The number of aryl methyl sites for hydroxylation is 1. The van der Waals surface area contributed by atoms with Gasteiger partial charge in [0.2, 0.25) is 16.1 Å². The van der Waals surface area contributed by atoms with Crippen molar-refractivity contribution in [2.24, 2.45) is 24.0 Å². The van der Waals surface area contributed by atoms with E-state index in [1.54, 1.807) is 26.2 Å². The fraction of sp³-hybridized carbons (Fsp3) is 0.364. The molecule has 2 aliphatic carbocycles. The van der Waals surface area contributed by atoms with Crippen LogP contribution >= 0.6 is 11.6 Å². The van der Waals surface area contributed by atoms with Gasteiger partial charge in [0.1, 0.15) is 11.6 Å². The van der Waals surface area contributed by atoms with E-state index in [1.165, 1.54) is 16.9 Å². The van der Waals surface area contributed by atoms with E-state index in [4.69, 9.17) is 11.6 Å². The van der Waals surface area contributed by atoms with Gasteiger partial charge in [-0.05, 0) is 53.7 Å². The maximum Gasteiger partial charge on any atom is 0.335 e. The number of alkyl halides is 4. The number of nitrogens with zero attached hydrogens (tertiary/aromatic N) is 5. The normalized spacial score (nSPS) is 20.9. The van der Waals surface area contributed by atoms with Gasteiger partial charge in [-0.1, -0.05) is 22.4 Å². The fourth-order valence-electron chi connectivity index (χ4n) is 7.24. The van der Waals surface area contributed by atoms with E-state index < -0.39 is 76.1 Å². The van der Waals surface area contributed by atoms with E-state index in [0.29, 0.717) is 33.1 Å². The number of carbonyl (C=O) groups is 1. The second-order valence-electron chi connectivity index (χ2n) is 13.0. The summed E-state index contributed by atoms with van der Waals surface area (Å²) >= 11 is 6.55. The van der Waals surface area contributed by atoms with Crippen LogP contribution in [0.25, 0.3) is 22.0 Å². The first-order chi connectivity index (χ1) is 24.5. The largest absolute Gasteiger partial charge is 0.387 e. The molecule has 1 amide bonds. The zero-order valence-corrected chi connectivity index (χ0v) is 29.1. The predicted octanol–water partition coefficient (Wildman–Crippen LogP) is 6.03. The van der Waals surface area contributed by atoms with E-state index in [9.17, 15) is 30.8 Å². The second kappa shape index (κ2) is 12.8. The first-order valence-corrected chi connectivity index (χ1v) is 18.2. The Morgan fingerprint density at radius 3 is 2.50 bits per heavy atom. The number of anilines is 2. The van der Waals surface area contributed by atoms with Crippen molar-refractivity contribution in [2.45, 2.75) is 37.3 Å². The summed E-state index contributed by atoms with van der Waals surface area (Å²) in [5.74, 6) is -8.05. The maximum absolute atomic E-state index is 15.3. The number of hydrogen-bond donors (Lipinski definition) is 3. The van der Waals surface area contributed by atoms with Gasteiger partial charge in [0.15, 0.2) is 5.82 Å². The van der Waals surface area contributed by atoms with Gasteiger partial charge in [0.25, 0.3) is 24.6 Å². The first kappa shape index (κ1) is 35.7. The number of fused-ring (bicyclic) bond motifs is 3. The summed E-state index contributed by atoms with van der Waals surface area (Å²) in [6.45, 7) is -0.845. The topological polar surface area (TPSA) is 133 Å². The van der Waals surface area contributed by atoms with E-state index in [1.807, 2.05) is 0 Å². The molecular weight excluding hydrogens is 738 g/mol. The summed E-state index contributed by atoms with van der Waals surface area (Å²) in [6, 6.07) is 4.58. The van der Waals surface area contributed by atoms with Crippen molar-refractivity contribution in [3.63, 3.8) is 0 Å². The highest BCUT2D eigenvalue weighted by Gasteiger charge is 2.74. The maximum atomic E-state index is 15.3. The molecule has 1 saturated carbocycles. The van der Waals surface area contributed by atoms with Gasteiger partial charge in [-0.2, -0.15) is 13.9 Å². The summed E-state index contributed by atoms with van der Waals surface area (Å²) in [5, 5.41) is 14.2. The Bertz CT molecular complexity index is 2310. The molecule has 3 heterocycles. The number of carbonyl (C=O) groups excluding carboxylic acids is 1. The van der Waals surface area contributed by atoms with Gasteiger partial charge in [0.05, 0.1) is 45.8 Å². The predicted molar refractivity (Wildman–Crippen MR) is 179 cm³/mol. The number of hydrogen-bond acceptors (Lipinski definition) is 7. The van der Waals surface area contributed by atoms with Crippen LogP contribution in [-0.2, 0) is 28.3 Å². The monoisotopic (exact) mass is 767 g/mol. The minimum Gasteiger partial charge on any atom is -0.387 e. The number of benzene rings is 2. The Morgan fingerprint density at radius 2 is 1.85 bits per heavy atom. The molecule has 4 atom stereocenters. The Hall–Kier alpha value is -4.71. The van der Waals surface area contributed by atoms with Crippen LogP contribution in [0.15, 0.2) is 59.0 Å². The Labute approximate surface area is 297 Å². The molecule has 11 nitrogen and oxygen atoms in total. The zero-order chi connectivity index (χ0) is 37.4. The van der Waals surface area contributed by atoms with Gasteiger partial charge in [-0.25, -0.2) is 26.0 Å². The number of rotatable bonds is 11. The number of aromatic nitrogens is 3. The van der Waals surface area contributed by atoms with Gasteiger partial charge in [-0.3, -0.25) is 19.2 Å². The lowest BCUT2D eigenvalue weighted by Crippen LogP contribution is -2.38. The summed E-state index contributed by atoms with van der Waals surface area (Å²) in [5.41, 5.74) is 1.02. The number of amides is 1. The van der Waals surface area contributed by atoms with E-state index >= 15 is 8.78 Å². The molecule has 19 heteroatoms. The Morgan fingerprint density at radius 1 is 1.13 bits per heavy atom. The molecule has 1 unspecified atom stereocenters. The van der Waals surface area contributed by atoms with Crippen LogP contribution in [-0.4, -0.2) is 72.0 Å². The van der Waals surface area contributed by atoms with Crippen molar-refractivity contribution in [1.29, 1.82) is 0 Å². The molecule has 52 heavy (non-hydrogen) atoms. The van der Waals surface area contributed by atoms with Gasteiger partial charge < -0.3 is 10.6 Å². The highest BCUT2D eigenvalue weighted by atomic mass is 35.5. The van der Waals surface area contributed by atoms with Crippen LogP contribution in [0, 0.1) is 23.5 Å². The van der Waals surface area contributed by atoms with Crippen molar-refractivity contribution in [3.05, 3.63) is 81.8 Å². The van der Waals surface area contributed by atoms with E-state index in [0.717, 1.165) is 18.4 Å². The molecule has 0 saturated heterocycles. The molecule has 7 rings (SSSR count). The molecule has 0 spiro atoms. The van der Waals surface area contributed by atoms with Crippen molar-refractivity contribution in [2.75, 3.05) is 29.9 Å². The average Bonchev–Trinajstić information content (AvgIpc) is 3.59. The molecule has 2 aromatic heterocycles. The second-order valence-corrected chi connectivity index (χ2v) is 15.2. The standard InChI is InChI=1S/C33H29ClF6N8O3S/c1-41-17-10-19(18-4-5-22(34)26-29(18)47(2)45-32(26)46-52(3,50)51)27(42-12-17)23(8-14-6-15(35)9-16(36)7-14)43-24(49)13-48-30-25(28(44-48)31(37)38)20-11-21(20)33(30,39)40/h4-7,9-10,12,20-21,23,28,31,41H,8,11,13H2,1-3H3,(H-,43,45,46,49)/p+1/t20-,21+,23-,28?/m0/s1. The smallest absolute Gasteiger partial charge is 0.335 e. The van der Waals surface area contributed by atoms with Crippen LogP contribution in [0.3, 0.4) is 0 Å². The molecule has 1 aliphatic heterocycles. The van der Waals surface area contributed by atoms with Crippen LogP contribution in [0.5, 0.6) is 0 Å². The Balaban J connectivity index is 1.33. The third kappa shape index (κ3) is 6.35. The van der Waals surface area contributed by atoms with Gasteiger partial charge >= 0.3 is 5.92 Å². The summed E-state index contributed by atoms with van der Waals surface area (Å²) in [6.07, 6.45) is -0.870. The van der Waals surface area contributed by atoms with Crippen LogP contribution in [0.1, 0.15) is 23.7 Å².